The van der Waals surface area contributed by atoms with E-state index in [1.807, 2.05) is 10.9 Å². The highest BCUT2D eigenvalue weighted by atomic mass is 79.9. The highest BCUT2D eigenvalue weighted by molar-refractivity contribution is 9.10. The van der Waals surface area contributed by atoms with Gasteiger partial charge in [0.05, 0.1) is 19.3 Å². The molecule has 0 aliphatic heterocycles. The topological polar surface area (TPSA) is 39.9 Å². The number of nitrogens with zero attached hydrogens (tertiary/aromatic N) is 3. The van der Waals surface area contributed by atoms with Crippen LogP contribution >= 0.6 is 15.9 Å². The maximum Gasteiger partial charge on any atom is 0.192 e. The molecular weight excluding hydrogens is 334 g/mol. The van der Waals surface area contributed by atoms with E-state index in [1.54, 1.807) is 12.4 Å². The van der Waals surface area contributed by atoms with Crippen molar-refractivity contribution in [2.45, 2.75) is 45.4 Å². The number of rotatable bonds is 4. The van der Waals surface area contributed by atoms with Gasteiger partial charge < -0.3 is 4.43 Å². The Labute approximate surface area is 129 Å². The predicted molar refractivity (Wildman–Crippen MR) is 88.4 cm³/mol. The zero-order chi connectivity index (χ0) is 15.0. The van der Waals surface area contributed by atoms with E-state index in [9.17, 15) is 0 Å². The van der Waals surface area contributed by atoms with Gasteiger partial charge in [-0.05, 0) is 34.1 Å². The minimum Gasteiger partial charge on any atom is -0.415 e. The van der Waals surface area contributed by atoms with E-state index in [0.29, 0.717) is 6.61 Å². The van der Waals surface area contributed by atoms with Gasteiger partial charge in [0.2, 0.25) is 0 Å². The fraction of sp³-hybridized carbons (Fsp3) is 0.571. The van der Waals surface area contributed by atoms with E-state index in [4.69, 9.17) is 4.43 Å². The summed E-state index contributed by atoms with van der Waals surface area (Å²) in [5, 5.41) is 5.85. The van der Waals surface area contributed by atoms with Crippen molar-refractivity contribution in [1.82, 2.24) is 14.8 Å². The fourth-order valence-electron chi connectivity index (χ4n) is 1.68. The summed E-state index contributed by atoms with van der Waals surface area (Å²) in [6.45, 7) is 12.8. The van der Waals surface area contributed by atoms with Crippen LogP contribution in [0.25, 0.3) is 10.9 Å². The van der Waals surface area contributed by atoms with E-state index in [0.717, 1.165) is 21.9 Å². The summed E-state index contributed by atoms with van der Waals surface area (Å²) < 4.78 is 9.09. The van der Waals surface area contributed by atoms with Gasteiger partial charge in [0, 0.05) is 22.3 Å². The molecule has 0 radical (unpaired) electrons. The van der Waals surface area contributed by atoms with Crippen molar-refractivity contribution in [2.24, 2.45) is 0 Å². The molecule has 0 N–H and O–H groups in total. The van der Waals surface area contributed by atoms with Gasteiger partial charge in [0.1, 0.15) is 5.52 Å². The first-order valence-electron chi connectivity index (χ1n) is 6.81. The Hall–Kier alpha value is -0.723. The van der Waals surface area contributed by atoms with E-state index in [2.05, 4.69) is 59.9 Å². The van der Waals surface area contributed by atoms with Gasteiger partial charge in [-0.15, -0.1) is 0 Å². The Morgan fingerprint density at radius 1 is 1.30 bits per heavy atom. The first-order chi connectivity index (χ1) is 9.21. The van der Waals surface area contributed by atoms with Crippen LogP contribution in [-0.4, -0.2) is 29.7 Å². The normalized spacial score (nSPS) is 13.1. The Kier molecular flexibility index (Phi) is 4.37. The molecule has 2 heterocycles. The monoisotopic (exact) mass is 355 g/mol. The number of hydrogen-bond donors (Lipinski definition) is 0. The average molecular weight is 356 g/mol. The highest BCUT2D eigenvalue weighted by Gasteiger charge is 2.36. The molecule has 0 spiro atoms. The van der Waals surface area contributed by atoms with Gasteiger partial charge in [0.15, 0.2) is 8.32 Å². The third-order valence-corrected chi connectivity index (χ3v) is 9.19. The van der Waals surface area contributed by atoms with E-state index in [1.165, 1.54) is 0 Å². The summed E-state index contributed by atoms with van der Waals surface area (Å²) in [5.41, 5.74) is 0.909. The minimum absolute atomic E-state index is 0.245. The fourth-order valence-corrected chi connectivity index (χ4v) is 3.14. The molecule has 0 saturated heterocycles. The molecule has 6 heteroatoms. The van der Waals surface area contributed by atoms with Crippen LogP contribution in [-0.2, 0) is 11.0 Å². The van der Waals surface area contributed by atoms with E-state index >= 15 is 0 Å². The molecular formula is C14H22BrN3OSi. The predicted octanol–water partition coefficient (Wildman–Crippen LogP) is 4.22. The smallest absolute Gasteiger partial charge is 0.192 e. The largest absolute Gasteiger partial charge is 0.415 e. The van der Waals surface area contributed by atoms with Gasteiger partial charge in [0.25, 0.3) is 0 Å². The molecule has 0 aliphatic carbocycles. The lowest BCUT2D eigenvalue weighted by Crippen LogP contribution is -2.41. The summed E-state index contributed by atoms with van der Waals surface area (Å²) in [4.78, 5) is 4.13. The summed E-state index contributed by atoms with van der Waals surface area (Å²) in [7, 11) is -1.67. The molecule has 110 valence electrons. The van der Waals surface area contributed by atoms with Crippen molar-refractivity contribution in [3.63, 3.8) is 0 Å². The molecule has 4 nitrogen and oxygen atoms in total. The van der Waals surface area contributed by atoms with Gasteiger partial charge >= 0.3 is 0 Å². The maximum atomic E-state index is 6.17. The minimum atomic E-state index is -1.67. The Bertz CT molecular complexity index is 604. The van der Waals surface area contributed by atoms with Crippen LogP contribution in [0, 0.1) is 0 Å². The summed E-state index contributed by atoms with van der Waals surface area (Å²) in [6.07, 6.45) is 5.61. The van der Waals surface area contributed by atoms with Crippen LogP contribution in [0.4, 0.5) is 0 Å². The Morgan fingerprint density at radius 3 is 2.60 bits per heavy atom. The van der Waals surface area contributed by atoms with Gasteiger partial charge in [-0.3, -0.25) is 9.67 Å². The molecule has 0 fully saturated rings. The second-order valence-electron chi connectivity index (χ2n) is 6.56. The maximum absolute atomic E-state index is 6.17. The lowest BCUT2D eigenvalue weighted by atomic mass is 10.2. The molecule has 20 heavy (non-hydrogen) atoms. The van der Waals surface area contributed by atoms with E-state index < -0.39 is 8.32 Å². The Balaban J connectivity index is 2.02. The lowest BCUT2D eigenvalue weighted by Gasteiger charge is -2.36. The summed E-state index contributed by atoms with van der Waals surface area (Å²) in [5.74, 6) is 0. The van der Waals surface area contributed by atoms with Gasteiger partial charge in [-0.25, -0.2) is 0 Å². The SMILES string of the molecule is CC(C)(C)[Si](C)(C)OCCn1cc2c(Br)cncc2n1. The quantitative estimate of drug-likeness (QED) is 0.771. The van der Waals surface area contributed by atoms with Crippen molar-refractivity contribution in [1.29, 1.82) is 0 Å². The van der Waals surface area contributed by atoms with Crippen LogP contribution in [0.15, 0.2) is 23.1 Å². The van der Waals surface area contributed by atoms with Crippen LogP contribution in [0.3, 0.4) is 0 Å². The van der Waals surface area contributed by atoms with Crippen molar-refractivity contribution >= 4 is 35.2 Å². The van der Waals surface area contributed by atoms with Crippen molar-refractivity contribution < 1.29 is 4.43 Å². The third-order valence-electron chi connectivity index (χ3n) is 4.02. The van der Waals surface area contributed by atoms with Crippen molar-refractivity contribution in [3.8, 4) is 0 Å². The number of fused-ring (bicyclic) bond motifs is 1. The van der Waals surface area contributed by atoms with Gasteiger partial charge in [-0.1, -0.05) is 20.8 Å². The molecule has 0 atom stereocenters. The number of pyridine rings is 1. The lowest BCUT2D eigenvalue weighted by molar-refractivity contribution is 0.266. The number of aromatic nitrogens is 3. The molecule has 0 aromatic carbocycles. The van der Waals surface area contributed by atoms with Crippen LogP contribution < -0.4 is 0 Å². The third kappa shape index (κ3) is 3.29. The first kappa shape index (κ1) is 15.7. The molecule has 0 saturated carbocycles. The second kappa shape index (κ2) is 5.58. The Morgan fingerprint density at radius 2 is 2.00 bits per heavy atom. The molecule has 2 rings (SSSR count). The molecule has 0 bridgehead atoms. The summed E-state index contributed by atoms with van der Waals surface area (Å²) in [6, 6.07) is 0. The molecule has 0 unspecified atom stereocenters. The van der Waals surface area contributed by atoms with Crippen molar-refractivity contribution in [3.05, 3.63) is 23.1 Å². The zero-order valence-corrected chi connectivity index (χ0v) is 15.4. The zero-order valence-electron chi connectivity index (χ0n) is 12.8. The molecule has 0 aliphatic rings. The molecule has 0 amide bonds. The number of hydrogen-bond acceptors (Lipinski definition) is 3. The second-order valence-corrected chi connectivity index (χ2v) is 12.2. The van der Waals surface area contributed by atoms with Crippen molar-refractivity contribution in [2.75, 3.05) is 6.61 Å². The van der Waals surface area contributed by atoms with Crippen LogP contribution in [0.5, 0.6) is 0 Å². The average Bonchev–Trinajstić information content (AvgIpc) is 2.71. The molecule has 2 aromatic heterocycles. The first-order valence-corrected chi connectivity index (χ1v) is 10.5. The standard InChI is InChI=1S/C14H22BrN3OSi/c1-14(2,3)20(4,5)19-7-6-18-10-11-12(15)8-16-9-13(11)17-18/h8-10H,6-7H2,1-5H3. The highest BCUT2D eigenvalue weighted by Crippen LogP contribution is 2.36. The molecule has 2 aromatic rings. The van der Waals surface area contributed by atoms with Gasteiger partial charge in [-0.2, -0.15) is 5.10 Å². The number of halogens is 1. The van der Waals surface area contributed by atoms with Crippen LogP contribution in [0.1, 0.15) is 20.8 Å². The summed E-state index contributed by atoms with van der Waals surface area (Å²) >= 11 is 3.50. The van der Waals surface area contributed by atoms with Crippen LogP contribution in [0.2, 0.25) is 18.1 Å². The van der Waals surface area contributed by atoms with E-state index in [-0.39, 0.29) is 5.04 Å².